The van der Waals surface area contributed by atoms with Crippen LogP contribution in [0.25, 0.3) is 0 Å². The van der Waals surface area contributed by atoms with Gasteiger partial charge in [0.25, 0.3) is 0 Å². The second kappa shape index (κ2) is 4.94. The topological polar surface area (TPSA) is 24.9 Å². The van der Waals surface area contributed by atoms with Crippen molar-refractivity contribution in [2.24, 2.45) is 0 Å². The van der Waals surface area contributed by atoms with Crippen LogP contribution in [-0.2, 0) is 6.42 Å². The van der Waals surface area contributed by atoms with E-state index in [0.29, 0.717) is 0 Å². The van der Waals surface area contributed by atoms with Crippen molar-refractivity contribution in [3.8, 4) is 0 Å². The number of nitrogens with one attached hydrogen (secondary N) is 1. The number of thiophene rings is 1. The van der Waals surface area contributed by atoms with Crippen LogP contribution in [0.15, 0.2) is 35.2 Å². The van der Waals surface area contributed by atoms with Crippen molar-refractivity contribution >= 4 is 17.2 Å². The molecular weight excluding hydrogens is 204 g/mol. The van der Waals surface area contributed by atoms with Crippen LogP contribution < -0.4 is 5.32 Å². The van der Waals surface area contributed by atoms with Crippen molar-refractivity contribution < 1.29 is 0 Å². The highest BCUT2D eigenvalue weighted by molar-refractivity contribution is 7.07. The molecule has 0 saturated heterocycles. The molecule has 1 N–H and O–H groups in total. The molecule has 0 unspecified atom stereocenters. The standard InChI is InChI=1S/C12H14N2S/c1-10-2-5-13-12(8-10)14-6-3-11-4-7-15-9-11/h2,4-5,7-9H,3,6H2,1H3,(H,13,14). The predicted octanol–water partition coefficient (Wildman–Crippen LogP) is 3.11. The Labute approximate surface area is 94.0 Å². The van der Waals surface area contributed by atoms with Gasteiger partial charge in [-0.3, -0.25) is 0 Å². The molecule has 2 aromatic heterocycles. The Balaban J connectivity index is 1.83. The Bertz CT molecular complexity index is 409. The van der Waals surface area contributed by atoms with Gasteiger partial charge in [-0.05, 0) is 53.4 Å². The lowest BCUT2D eigenvalue weighted by molar-refractivity contribution is 1.01. The highest BCUT2D eigenvalue weighted by atomic mass is 32.1. The highest BCUT2D eigenvalue weighted by Crippen LogP contribution is 2.08. The molecule has 0 fully saturated rings. The Kier molecular flexibility index (Phi) is 3.35. The maximum Gasteiger partial charge on any atom is 0.126 e. The van der Waals surface area contributed by atoms with Gasteiger partial charge < -0.3 is 5.32 Å². The molecule has 15 heavy (non-hydrogen) atoms. The summed E-state index contributed by atoms with van der Waals surface area (Å²) in [4.78, 5) is 4.25. The number of aromatic nitrogens is 1. The van der Waals surface area contributed by atoms with E-state index in [4.69, 9.17) is 0 Å². The molecule has 0 aliphatic carbocycles. The minimum atomic E-state index is 0.938. The molecule has 2 aromatic rings. The lowest BCUT2D eigenvalue weighted by Crippen LogP contribution is -2.05. The third kappa shape index (κ3) is 3.06. The second-order valence-corrected chi connectivity index (χ2v) is 4.31. The summed E-state index contributed by atoms with van der Waals surface area (Å²) < 4.78 is 0. The van der Waals surface area contributed by atoms with Gasteiger partial charge in [-0.1, -0.05) is 0 Å². The molecule has 2 heterocycles. The first-order valence-corrected chi connectivity index (χ1v) is 5.96. The van der Waals surface area contributed by atoms with E-state index in [1.54, 1.807) is 11.3 Å². The van der Waals surface area contributed by atoms with Crippen molar-refractivity contribution in [1.82, 2.24) is 4.98 Å². The Morgan fingerprint density at radius 1 is 1.40 bits per heavy atom. The van der Waals surface area contributed by atoms with Crippen molar-refractivity contribution in [2.75, 3.05) is 11.9 Å². The smallest absolute Gasteiger partial charge is 0.126 e. The lowest BCUT2D eigenvalue weighted by Gasteiger charge is -2.04. The van der Waals surface area contributed by atoms with E-state index in [0.717, 1.165) is 18.8 Å². The monoisotopic (exact) mass is 218 g/mol. The first-order valence-electron chi connectivity index (χ1n) is 5.02. The van der Waals surface area contributed by atoms with E-state index in [1.807, 2.05) is 12.3 Å². The van der Waals surface area contributed by atoms with Gasteiger partial charge in [0.15, 0.2) is 0 Å². The third-order valence-electron chi connectivity index (χ3n) is 2.22. The molecule has 3 heteroatoms. The van der Waals surface area contributed by atoms with Gasteiger partial charge in [0, 0.05) is 12.7 Å². The van der Waals surface area contributed by atoms with Crippen molar-refractivity contribution in [3.05, 3.63) is 46.3 Å². The summed E-state index contributed by atoms with van der Waals surface area (Å²) in [6.07, 6.45) is 2.89. The fraction of sp³-hybridized carbons (Fsp3) is 0.250. The van der Waals surface area contributed by atoms with Crippen LogP contribution in [0.5, 0.6) is 0 Å². The van der Waals surface area contributed by atoms with Crippen LogP contribution in [0.2, 0.25) is 0 Å². The van der Waals surface area contributed by atoms with Gasteiger partial charge >= 0.3 is 0 Å². The Morgan fingerprint density at radius 3 is 3.07 bits per heavy atom. The normalized spacial score (nSPS) is 10.2. The van der Waals surface area contributed by atoms with Gasteiger partial charge in [-0.25, -0.2) is 4.98 Å². The van der Waals surface area contributed by atoms with Crippen LogP contribution >= 0.6 is 11.3 Å². The number of hydrogen-bond acceptors (Lipinski definition) is 3. The SMILES string of the molecule is Cc1ccnc(NCCc2ccsc2)c1. The Morgan fingerprint density at radius 2 is 2.33 bits per heavy atom. The van der Waals surface area contributed by atoms with E-state index in [2.05, 4.69) is 40.1 Å². The molecule has 0 aliphatic heterocycles. The summed E-state index contributed by atoms with van der Waals surface area (Å²) in [5, 5.41) is 7.61. The number of nitrogens with zero attached hydrogens (tertiary/aromatic N) is 1. The molecular formula is C12H14N2S. The van der Waals surface area contributed by atoms with Crippen LogP contribution in [-0.4, -0.2) is 11.5 Å². The number of anilines is 1. The average Bonchev–Trinajstić information content (AvgIpc) is 2.71. The van der Waals surface area contributed by atoms with Gasteiger partial charge in [0.2, 0.25) is 0 Å². The summed E-state index contributed by atoms with van der Waals surface area (Å²) >= 11 is 1.74. The molecule has 2 rings (SSSR count). The maximum absolute atomic E-state index is 4.25. The minimum absolute atomic E-state index is 0.938. The molecule has 0 saturated carbocycles. The van der Waals surface area contributed by atoms with E-state index in [1.165, 1.54) is 11.1 Å². The van der Waals surface area contributed by atoms with Crippen molar-refractivity contribution in [2.45, 2.75) is 13.3 Å². The molecule has 0 bridgehead atoms. The molecule has 0 atom stereocenters. The number of pyridine rings is 1. The average molecular weight is 218 g/mol. The predicted molar refractivity (Wildman–Crippen MR) is 65.5 cm³/mol. The van der Waals surface area contributed by atoms with Gasteiger partial charge in [-0.2, -0.15) is 11.3 Å². The van der Waals surface area contributed by atoms with Gasteiger partial charge in [0.05, 0.1) is 0 Å². The van der Waals surface area contributed by atoms with Crippen molar-refractivity contribution in [3.63, 3.8) is 0 Å². The van der Waals surface area contributed by atoms with Crippen LogP contribution in [0, 0.1) is 6.92 Å². The van der Waals surface area contributed by atoms with E-state index >= 15 is 0 Å². The third-order valence-corrected chi connectivity index (χ3v) is 2.95. The van der Waals surface area contributed by atoms with E-state index < -0.39 is 0 Å². The first kappa shape index (κ1) is 10.2. The quantitative estimate of drug-likeness (QED) is 0.853. The number of aryl methyl sites for hydroxylation is 1. The molecule has 78 valence electrons. The largest absolute Gasteiger partial charge is 0.370 e. The van der Waals surface area contributed by atoms with E-state index in [9.17, 15) is 0 Å². The summed E-state index contributed by atoms with van der Waals surface area (Å²) in [7, 11) is 0. The van der Waals surface area contributed by atoms with Crippen LogP contribution in [0.3, 0.4) is 0 Å². The number of rotatable bonds is 4. The van der Waals surface area contributed by atoms with Crippen LogP contribution in [0.4, 0.5) is 5.82 Å². The zero-order valence-corrected chi connectivity index (χ0v) is 9.55. The van der Waals surface area contributed by atoms with Crippen molar-refractivity contribution in [1.29, 1.82) is 0 Å². The lowest BCUT2D eigenvalue weighted by atomic mass is 10.2. The summed E-state index contributed by atoms with van der Waals surface area (Å²) in [5.41, 5.74) is 2.63. The minimum Gasteiger partial charge on any atom is -0.370 e. The molecule has 0 amide bonds. The molecule has 2 nitrogen and oxygen atoms in total. The molecule has 0 radical (unpaired) electrons. The van der Waals surface area contributed by atoms with Gasteiger partial charge in [0.1, 0.15) is 5.82 Å². The highest BCUT2D eigenvalue weighted by Gasteiger charge is 1.95. The fourth-order valence-corrected chi connectivity index (χ4v) is 2.11. The van der Waals surface area contributed by atoms with E-state index in [-0.39, 0.29) is 0 Å². The Hall–Kier alpha value is -1.35. The molecule has 0 aliphatic rings. The fourth-order valence-electron chi connectivity index (χ4n) is 1.40. The first-order chi connectivity index (χ1) is 7.34. The number of hydrogen-bond donors (Lipinski definition) is 1. The summed E-state index contributed by atoms with van der Waals surface area (Å²) in [6.45, 7) is 3.01. The van der Waals surface area contributed by atoms with Crippen LogP contribution in [0.1, 0.15) is 11.1 Å². The molecule has 0 spiro atoms. The zero-order chi connectivity index (χ0) is 10.5. The summed E-state index contributed by atoms with van der Waals surface area (Å²) in [6, 6.07) is 6.23. The zero-order valence-electron chi connectivity index (χ0n) is 8.73. The maximum atomic E-state index is 4.25. The molecule has 0 aromatic carbocycles. The second-order valence-electron chi connectivity index (χ2n) is 3.53. The van der Waals surface area contributed by atoms with Gasteiger partial charge in [-0.15, -0.1) is 0 Å². The summed E-state index contributed by atoms with van der Waals surface area (Å²) in [5.74, 6) is 0.963.